The standard InChI is InChI=1S/C16H20ClN3OS3/c1-10(2)11(3)18-14(21)9-23-16-20-19-15(24-16)22-8-12-4-6-13(17)7-5-12/h4-7,10-11H,8-9H2,1-3H3,(H,18,21)/t11-/m0/s1. The number of rotatable bonds is 8. The SMILES string of the molecule is CC(C)[C@H](C)NC(=O)CSc1nnc(SCc2ccc(Cl)cc2)s1. The number of nitrogens with one attached hydrogen (secondary N) is 1. The van der Waals surface area contributed by atoms with Crippen molar-refractivity contribution in [2.75, 3.05) is 5.75 Å². The van der Waals surface area contributed by atoms with Crippen LogP contribution in [0.5, 0.6) is 0 Å². The van der Waals surface area contributed by atoms with E-state index in [9.17, 15) is 4.79 Å². The molecule has 1 amide bonds. The van der Waals surface area contributed by atoms with E-state index in [1.807, 2.05) is 31.2 Å². The molecule has 0 aliphatic carbocycles. The zero-order valence-electron chi connectivity index (χ0n) is 13.8. The third kappa shape index (κ3) is 6.63. The Balaban J connectivity index is 1.76. The van der Waals surface area contributed by atoms with Gasteiger partial charge in [0.15, 0.2) is 8.68 Å². The van der Waals surface area contributed by atoms with Crippen molar-refractivity contribution in [1.82, 2.24) is 15.5 Å². The van der Waals surface area contributed by atoms with Crippen molar-refractivity contribution in [3.63, 3.8) is 0 Å². The summed E-state index contributed by atoms with van der Waals surface area (Å²) in [6.07, 6.45) is 0. The molecule has 0 bridgehead atoms. The fraction of sp³-hybridized carbons (Fsp3) is 0.438. The first-order valence-corrected chi connectivity index (χ1v) is 10.7. The van der Waals surface area contributed by atoms with E-state index in [0.29, 0.717) is 11.7 Å². The van der Waals surface area contributed by atoms with Crippen LogP contribution in [0, 0.1) is 5.92 Å². The number of carbonyl (C=O) groups excluding carboxylic acids is 1. The second kappa shape index (κ2) is 9.65. The van der Waals surface area contributed by atoms with Gasteiger partial charge in [0.2, 0.25) is 5.91 Å². The Hall–Kier alpha value is -0.760. The van der Waals surface area contributed by atoms with Crippen LogP contribution in [0.2, 0.25) is 5.02 Å². The molecule has 2 rings (SSSR count). The van der Waals surface area contributed by atoms with E-state index in [1.165, 1.54) is 28.7 Å². The Morgan fingerprint density at radius 2 is 1.79 bits per heavy atom. The summed E-state index contributed by atoms with van der Waals surface area (Å²) in [7, 11) is 0. The topological polar surface area (TPSA) is 54.9 Å². The van der Waals surface area contributed by atoms with Gasteiger partial charge in [-0.15, -0.1) is 10.2 Å². The van der Waals surface area contributed by atoms with Crippen molar-refractivity contribution in [3.8, 4) is 0 Å². The molecule has 2 aromatic rings. The second-order valence-electron chi connectivity index (χ2n) is 5.64. The quantitative estimate of drug-likeness (QED) is 0.647. The van der Waals surface area contributed by atoms with Crippen molar-refractivity contribution in [3.05, 3.63) is 34.9 Å². The van der Waals surface area contributed by atoms with Crippen molar-refractivity contribution in [2.24, 2.45) is 5.92 Å². The summed E-state index contributed by atoms with van der Waals surface area (Å²) in [6, 6.07) is 7.96. The lowest BCUT2D eigenvalue weighted by molar-refractivity contribution is -0.119. The largest absolute Gasteiger partial charge is 0.353 e. The molecule has 1 aromatic heterocycles. The van der Waals surface area contributed by atoms with Gasteiger partial charge in [0.1, 0.15) is 0 Å². The molecule has 0 spiro atoms. The minimum Gasteiger partial charge on any atom is -0.353 e. The van der Waals surface area contributed by atoms with Crippen molar-refractivity contribution in [1.29, 1.82) is 0 Å². The molecule has 8 heteroatoms. The summed E-state index contributed by atoms with van der Waals surface area (Å²) in [5.41, 5.74) is 1.19. The average molecular weight is 402 g/mol. The molecule has 4 nitrogen and oxygen atoms in total. The smallest absolute Gasteiger partial charge is 0.230 e. The molecular formula is C16H20ClN3OS3. The lowest BCUT2D eigenvalue weighted by atomic mass is 10.1. The molecular weight excluding hydrogens is 382 g/mol. The maximum Gasteiger partial charge on any atom is 0.230 e. The number of hydrogen-bond donors (Lipinski definition) is 1. The fourth-order valence-corrected chi connectivity index (χ4v) is 4.54. The van der Waals surface area contributed by atoms with E-state index in [2.05, 4.69) is 29.4 Å². The van der Waals surface area contributed by atoms with Crippen molar-refractivity contribution < 1.29 is 4.79 Å². The van der Waals surface area contributed by atoms with Crippen LogP contribution in [0.15, 0.2) is 32.9 Å². The summed E-state index contributed by atoms with van der Waals surface area (Å²) in [4.78, 5) is 11.9. The van der Waals surface area contributed by atoms with Crippen LogP contribution < -0.4 is 5.32 Å². The maximum atomic E-state index is 11.9. The van der Waals surface area contributed by atoms with Gasteiger partial charge >= 0.3 is 0 Å². The molecule has 1 atom stereocenters. The molecule has 0 unspecified atom stereocenters. The summed E-state index contributed by atoms with van der Waals surface area (Å²) in [5, 5.41) is 12.0. The zero-order chi connectivity index (χ0) is 17.5. The highest BCUT2D eigenvalue weighted by Gasteiger charge is 2.12. The number of halogens is 1. The van der Waals surface area contributed by atoms with Gasteiger partial charge in [0.25, 0.3) is 0 Å². The summed E-state index contributed by atoms with van der Waals surface area (Å²) in [6.45, 7) is 6.20. The molecule has 0 aliphatic heterocycles. The van der Waals surface area contributed by atoms with Crippen molar-refractivity contribution in [2.45, 2.75) is 41.2 Å². The van der Waals surface area contributed by atoms with Gasteiger partial charge in [-0.1, -0.05) is 72.4 Å². The van der Waals surface area contributed by atoms with E-state index < -0.39 is 0 Å². The van der Waals surface area contributed by atoms with Crippen LogP contribution in [0.3, 0.4) is 0 Å². The summed E-state index contributed by atoms with van der Waals surface area (Å²) in [5.74, 6) is 1.65. The Morgan fingerprint density at radius 3 is 2.42 bits per heavy atom. The fourth-order valence-electron chi connectivity index (χ4n) is 1.63. The first-order chi connectivity index (χ1) is 11.4. The third-order valence-corrected chi connectivity index (χ3v) is 6.89. The number of thioether (sulfide) groups is 2. The predicted molar refractivity (Wildman–Crippen MR) is 104 cm³/mol. The van der Waals surface area contributed by atoms with Crippen LogP contribution in [-0.2, 0) is 10.5 Å². The highest BCUT2D eigenvalue weighted by atomic mass is 35.5. The molecule has 0 saturated carbocycles. The molecule has 24 heavy (non-hydrogen) atoms. The summed E-state index contributed by atoms with van der Waals surface area (Å²) < 4.78 is 1.73. The van der Waals surface area contributed by atoms with Gasteiger partial charge in [-0.2, -0.15) is 0 Å². The first kappa shape index (κ1) is 19.6. The van der Waals surface area contributed by atoms with Gasteiger partial charge in [-0.05, 0) is 30.5 Å². The highest BCUT2D eigenvalue weighted by molar-refractivity contribution is 8.03. The van der Waals surface area contributed by atoms with E-state index in [1.54, 1.807) is 11.8 Å². The molecule has 0 saturated heterocycles. The average Bonchev–Trinajstić information content (AvgIpc) is 3.00. The normalized spacial score (nSPS) is 12.4. The Labute approximate surface area is 160 Å². The van der Waals surface area contributed by atoms with Gasteiger partial charge in [-0.25, -0.2) is 0 Å². The molecule has 0 radical (unpaired) electrons. The van der Waals surface area contributed by atoms with E-state index in [4.69, 9.17) is 11.6 Å². The minimum absolute atomic E-state index is 0.0340. The van der Waals surface area contributed by atoms with Crippen molar-refractivity contribution >= 4 is 52.4 Å². The lowest BCUT2D eigenvalue weighted by Gasteiger charge is -2.16. The monoisotopic (exact) mass is 401 g/mol. The Kier molecular flexibility index (Phi) is 7.87. The van der Waals surface area contributed by atoms with Gasteiger partial charge in [0.05, 0.1) is 5.75 Å². The van der Waals surface area contributed by atoms with E-state index in [-0.39, 0.29) is 11.9 Å². The number of benzene rings is 1. The van der Waals surface area contributed by atoms with Crippen LogP contribution in [0.1, 0.15) is 26.3 Å². The Bertz CT molecular complexity index is 661. The van der Waals surface area contributed by atoms with Gasteiger partial charge in [0, 0.05) is 16.8 Å². The number of carbonyl (C=O) groups is 1. The molecule has 1 aromatic carbocycles. The molecule has 130 valence electrons. The van der Waals surface area contributed by atoms with Crippen LogP contribution >= 0.6 is 46.5 Å². The van der Waals surface area contributed by atoms with E-state index >= 15 is 0 Å². The molecule has 1 heterocycles. The third-order valence-electron chi connectivity index (χ3n) is 3.38. The second-order valence-corrected chi connectivity index (χ2v) is 9.50. The number of hydrogen-bond acceptors (Lipinski definition) is 6. The number of aromatic nitrogens is 2. The number of amides is 1. The molecule has 0 fully saturated rings. The predicted octanol–water partition coefficient (Wildman–Crippen LogP) is 4.74. The molecule has 1 N–H and O–H groups in total. The van der Waals surface area contributed by atoms with Crippen LogP contribution in [0.4, 0.5) is 0 Å². The lowest BCUT2D eigenvalue weighted by Crippen LogP contribution is -2.37. The number of nitrogens with zero attached hydrogens (tertiary/aromatic N) is 2. The highest BCUT2D eigenvalue weighted by Crippen LogP contribution is 2.30. The Morgan fingerprint density at radius 1 is 1.17 bits per heavy atom. The van der Waals surface area contributed by atoms with Crippen LogP contribution in [-0.4, -0.2) is 27.9 Å². The molecule has 0 aliphatic rings. The van der Waals surface area contributed by atoms with Gasteiger partial charge < -0.3 is 5.32 Å². The van der Waals surface area contributed by atoms with Gasteiger partial charge in [-0.3, -0.25) is 4.79 Å². The van der Waals surface area contributed by atoms with E-state index in [0.717, 1.165) is 19.5 Å². The minimum atomic E-state index is 0.0340. The summed E-state index contributed by atoms with van der Waals surface area (Å²) >= 11 is 10.5. The van der Waals surface area contributed by atoms with Crippen LogP contribution in [0.25, 0.3) is 0 Å². The zero-order valence-corrected chi connectivity index (χ0v) is 17.0. The maximum absolute atomic E-state index is 11.9. The first-order valence-electron chi connectivity index (χ1n) is 7.57.